The van der Waals surface area contributed by atoms with Crippen LogP contribution in [0.3, 0.4) is 0 Å². The van der Waals surface area contributed by atoms with Gasteiger partial charge in [-0.25, -0.2) is 4.98 Å². The van der Waals surface area contributed by atoms with Crippen molar-refractivity contribution in [2.75, 3.05) is 26.7 Å². The van der Waals surface area contributed by atoms with Crippen molar-refractivity contribution in [1.29, 1.82) is 5.26 Å². The summed E-state index contributed by atoms with van der Waals surface area (Å²) in [5.41, 5.74) is 2.29. The number of nitrogens with zero attached hydrogens (tertiary/aromatic N) is 5. The predicted molar refractivity (Wildman–Crippen MR) is 116 cm³/mol. The average Bonchev–Trinajstić information content (AvgIpc) is 3.20. The lowest BCUT2D eigenvalue weighted by Gasteiger charge is -2.28. The number of nitrogens with one attached hydrogen (secondary N) is 1. The molecule has 0 aliphatic carbocycles. The number of carbonyl (C=O) groups is 1. The van der Waals surface area contributed by atoms with E-state index in [1.165, 1.54) is 10.9 Å². The highest BCUT2D eigenvalue weighted by Crippen LogP contribution is 2.30. The van der Waals surface area contributed by atoms with E-state index in [0.29, 0.717) is 35.0 Å². The molecule has 0 unspecified atom stereocenters. The quantitative estimate of drug-likeness (QED) is 0.662. The van der Waals surface area contributed by atoms with E-state index >= 15 is 0 Å². The first-order chi connectivity index (χ1) is 15.0. The summed E-state index contributed by atoms with van der Waals surface area (Å²) in [6, 6.07) is 12.3. The molecule has 8 heteroatoms. The van der Waals surface area contributed by atoms with Crippen LogP contribution >= 0.6 is 0 Å². The summed E-state index contributed by atoms with van der Waals surface area (Å²) in [5.74, 6) is 0.705. The molecule has 0 radical (unpaired) electrons. The largest absolute Gasteiger partial charge is 0.493 e. The van der Waals surface area contributed by atoms with Crippen LogP contribution in [0.4, 0.5) is 0 Å². The van der Waals surface area contributed by atoms with Gasteiger partial charge in [0.2, 0.25) is 5.88 Å². The lowest BCUT2D eigenvalue weighted by atomic mass is 9.97. The molecule has 1 aliphatic rings. The van der Waals surface area contributed by atoms with Crippen molar-refractivity contribution in [3.05, 3.63) is 59.9 Å². The van der Waals surface area contributed by atoms with Gasteiger partial charge in [0, 0.05) is 12.7 Å². The number of likely N-dealkylation sites (tertiary alicyclic amines) is 1. The van der Waals surface area contributed by atoms with Crippen molar-refractivity contribution in [3.63, 3.8) is 0 Å². The molecule has 1 aromatic carbocycles. The van der Waals surface area contributed by atoms with Gasteiger partial charge in [0.1, 0.15) is 0 Å². The third-order valence-corrected chi connectivity index (χ3v) is 5.69. The Labute approximate surface area is 180 Å². The molecule has 2 N–H and O–H groups in total. The first-order valence-corrected chi connectivity index (χ1v) is 10.3. The Balaban J connectivity index is 1.42. The first-order valence-electron chi connectivity index (χ1n) is 10.3. The number of pyridine rings is 1. The smallest absolute Gasteiger partial charge is 0.252 e. The van der Waals surface area contributed by atoms with Gasteiger partial charge in [-0.05, 0) is 68.7 Å². The molecule has 31 heavy (non-hydrogen) atoms. The van der Waals surface area contributed by atoms with Gasteiger partial charge < -0.3 is 15.3 Å². The highest BCUT2D eigenvalue weighted by Gasteiger charge is 2.18. The van der Waals surface area contributed by atoms with Crippen LogP contribution in [0, 0.1) is 17.2 Å². The van der Waals surface area contributed by atoms with E-state index < -0.39 is 0 Å². The number of amides is 1. The highest BCUT2D eigenvalue weighted by atomic mass is 16.3. The summed E-state index contributed by atoms with van der Waals surface area (Å²) >= 11 is 0. The van der Waals surface area contributed by atoms with E-state index in [1.54, 1.807) is 42.6 Å². The molecule has 0 bridgehead atoms. The highest BCUT2D eigenvalue weighted by molar-refractivity contribution is 5.93. The van der Waals surface area contributed by atoms with Gasteiger partial charge in [0.15, 0.2) is 5.82 Å². The third-order valence-electron chi connectivity index (χ3n) is 5.69. The second-order valence-electron chi connectivity index (χ2n) is 7.84. The fraction of sp³-hybridized carbons (Fsp3) is 0.304. The van der Waals surface area contributed by atoms with Crippen LogP contribution in [-0.2, 0) is 0 Å². The van der Waals surface area contributed by atoms with Crippen molar-refractivity contribution >= 4 is 5.91 Å². The zero-order chi connectivity index (χ0) is 21.8. The number of hydrogen-bond donors (Lipinski definition) is 2. The number of nitriles is 1. The molecule has 0 saturated carbocycles. The van der Waals surface area contributed by atoms with Crippen molar-refractivity contribution in [2.24, 2.45) is 5.92 Å². The van der Waals surface area contributed by atoms with Crippen LogP contribution in [-0.4, -0.2) is 57.4 Å². The average molecular weight is 416 g/mol. The van der Waals surface area contributed by atoms with E-state index in [2.05, 4.69) is 33.4 Å². The summed E-state index contributed by atoms with van der Waals surface area (Å²) < 4.78 is 1.31. The molecule has 158 valence electrons. The van der Waals surface area contributed by atoms with Crippen molar-refractivity contribution in [2.45, 2.75) is 12.8 Å². The molecule has 4 rings (SSSR count). The van der Waals surface area contributed by atoms with Gasteiger partial charge in [-0.2, -0.15) is 15.0 Å². The van der Waals surface area contributed by atoms with Gasteiger partial charge in [-0.3, -0.25) is 4.79 Å². The van der Waals surface area contributed by atoms with Crippen LogP contribution in [0.5, 0.6) is 5.88 Å². The zero-order valence-electron chi connectivity index (χ0n) is 17.3. The first kappa shape index (κ1) is 20.6. The summed E-state index contributed by atoms with van der Waals surface area (Å²) in [4.78, 5) is 19.1. The van der Waals surface area contributed by atoms with Crippen LogP contribution in [0.2, 0.25) is 0 Å². The van der Waals surface area contributed by atoms with E-state index in [9.17, 15) is 9.90 Å². The topological polar surface area (TPSA) is 107 Å². The van der Waals surface area contributed by atoms with Gasteiger partial charge in [-0.1, -0.05) is 12.1 Å². The number of carbonyl (C=O) groups excluding carboxylic acids is 1. The number of hydrogen-bond acceptors (Lipinski definition) is 6. The fourth-order valence-electron chi connectivity index (χ4n) is 3.69. The number of benzene rings is 1. The lowest BCUT2D eigenvalue weighted by molar-refractivity contribution is 0.0938. The van der Waals surface area contributed by atoms with Crippen molar-refractivity contribution in [3.8, 4) is 28.9 Å². The molecule has 2 aromatic heterocycles. The molecular weight excluding hydrogens is 392 g/mol. The second kappa shape index (κ2) is 8.98. The van der Waals surface area contributed by atoms with E-state index in [-0.39, 0.29) is 11.8 Å². The monoisotopic (exact) mass is 416 g/mol. The molecule has 3 aromatic rings. The number of rotatable bonds is 5. The number of aromatic hydroxyl groups is 1. The normalized spacial score (nSPS) is 14.8. The van der Waals surface area contributed by atoms with Crippen LogP contribution < -0.4 is 5.32 Å². The summed E-state index contributed by atoms with van der Waals surface area (Å²) in [6.45, 7) is 2.80. The standard InChI is InChI=1S/C23H24N6O2/c1-28-10-8-17(9-11-28)13-26-22(30)19-6-7-21(25-14-19)29-23(31)20(15-27-29)18-4-2-16(12-24)3-5-18/h2-7,14-15,17,31H,8-11,13H2,1H3,(H,26,30). The van der Waals surface area contributed by atoms with Gasteiger partial charge in [0.25, 0.3) is 5.91 Å². The summed E-state index contributed by atoms with van der Waals surface area (Å²) in [5, 5.41) is 26.7. The Morgan fingerprint density at radius 2 is 1.94 bits per heavy atom. The third kappa shape index (κ3) is 4.57. The molecular formula is C23H24N6O2. The number of aromatic nitrogens is 3. The lowest BCUT2D eigenvalue weighted by Crippen LogP contribution is -2.36. The van der Waals surface area contributed by atoms with Crippen LogP contribution in [0.15, 0.2) is 48.8 Å². The Hall–Kier alpha value is -3.70. The van der Waals surface area contributed by atoms with E-state index in [0.717, 1.165) is 31.5 Å². The molecule has 8 nitrogen and oxygen atoms in total. The van der Waals surface area contributed by atoms with Crippen LogP contribution in [0.25, 0.3) is 16.9 Å². The molecule has 1 saturated heterocycles. The molecule has 1 fully saturated rings. The minimum atomic E-state index is -0.152. The Kier molecular flexibility index (Phi) is 5.96. The molecule has 0 spiro atoms. The minimum absolute atomic E-state index is 0.0586. The Morgan fingerprint density at radius 1 is 1.19 bits per heavy atom. The van der Waals surface area contributed by atoms with Gasteiger partial charge in [0.05, 0.1) is 29.0 Å². The van der Waals surface area contributed by atoms with E-state index in [4.69, 9.17) is 5.26 Å². The SMILES string of the molecule is CN1CCC(CNC(=O)c2ccc(-n3ncc(-c4ccc(C#N)cc4)c3O)nc2)CC1. The molecule has 1 aliphatic heterocycles. The molecule has 0 atom stereocenters. The van der Waals surface area contributed by atoms with Crippen LogP contribution in [0.1, 0.15) is 28.8 Å². The Bertz CT molecular complexity index is 1090. The minimum Gasteiger partial charge on any atom is -0.493 e. The maximum atomic E-state index is 12.5. The molecule has 3 heterocycles. The summed E-state index contributed by atoms with van der Waals surface area (Å²) in [7, 11) is 2.12. The maximum absolute atomic E-state index is 12.5. The number of piperidine rings is 1. The Morgan fingerprint density at radius 3 is 2.58 bits per heavy atom. The molecule has 1 amide bonds. The van der Waals surface area contributed by atoms with Crippen molar-refractivity contribution < 1.29 is 9.90 Å². The van der Waals surface area contributed by atoms with Crippen molar-refractivity contribution in [1.82, 2.24) is 25.0 Å². The predicted octanol–water partition coefficient (Wildman–Crippen LogP) is 2.58. The maximum Gasteiger partial charge on any atom is 0.252 e. The van der Waals surface area contributed by atoms with Gasteiger partial charge in [-0.15, -0.1) is 0 Å². The van der Waals surface area contributed by atoms with Gasteiger partial charge >= 0.3 is 0 Å². The zero-order valence-corrected chi connectivity index (χ0v) is 17.3. The summed E-state index contributed by atoms with van der Waals surface area (Å²) in [6.07, 6.45) is 5.21. The van der Waals surface area contributed by atoms with E-state index in [1.807, 2.05) is 0 Å². The second-order valence-corrected chi connectivity index (χ2v) is 7.84. The fourth-order valence-corrected chi connectivity index (χ4v) is 3.69.